The van der Waals surface area contributed by atoms with Crippen LogP contribution in [0.1, 0.15) is 18.2 Å². The van der Waals surface area contributed by atoms with Crippen molar-refractivity contribution in [2.75, 3.05) is 13.6 Å². The van der Waals surface area contributed by atoms with Crippen molar-refractivity contribution in [1.82, 2.24) is 9.47 Å². The van der Waals surface area contributed by atoms with E-state index < -0.39 is 0 Å². The van der Waals surface area contributed by atoms with Crippen LogP contribution >= 0.6 is 0 Å². The number of aryl methyl sites for hydroxylation is 1. The summed E-state index contributed by atoms with van der Waals surface area (Å²) in [6.07, 6.45) is 0. The molecule has 0 aliphatic carbocycles. The van der Waals surface area contributed by atoms with Crippen LogP contribution in [0.3, 0.4) is 0 Å². The van der Waals surface area contributed by atoms with Crippen LogP contribution in [0.15, 0.2) is 54.6 Å². The minimum atomic E-state index is 0.588. The van der Waals surface area contributed by atoms with Gasteiger partial charge in [0.25, 0.3) is 0 Å². The molecule has 3 nitrogen and oxygen atoms in total. The van der Waals surface area contributed by atoms with Crippen molar-refractivity contribution in [3.05, 3.63) is 65.9 Å². The molecule has 0 spiro atoms. The Bertz CT molecular complexity index is 900. The molecule has 3 heteroatoms. The lowest BCUT2D eigenvalue weighted by Gasteiger charge is -2.13. The van der Waals surface area contributed by atoms with Crippen LogP contribution in [0.2, 0.25) is 0 Å². The lowest BCUT2D eigenvalue weighted by atomic mass is 10.2. The van der Waals surface area contributed by atoms with E-state index in [1.54, 1.807) is 0 Å². The van der Waals surface area contributed by atoms with Gasteiger partial charge in [-0.05, 0) is 43.8 Å². The van der Waals surface area contributed by atoms with Gasteiger partial charge in [0, 0.05) is 30.2 Å². The van der Waals surface area contributed by atoms with E-state index in [1.165, 1.54) is 22.2 Å². The van der Waals surface area contributed by atoms with Gasteiger partial charge < -0.3 is 9.30 Å². The van der Waals surface area contributed by atoms with E-state index in [1.807, 2.05) is 31.2 Å². The summed E-state index contributed by atoms with van der Waals surface area (Å²) in [5.41, 5.74) is 3.67. The Morgan fingerprint density at radius 3 is 2.64 bits per heavy atom. The maximum Gasteiger partial charge on any atom is 0.120 e. The first-order valence-electron chi connectivity index (χ1n) is 8.50. The average Bonchev–Trinajstić information content (AvgIpc) is 2.94. The molecule has 1 heterocycles. The monoisotopic (exact) mass is 332 g/mol. The van der Waals surface area contributed by atoms with E-state index in [9.17, 15) is 0 Å². The van der Waals surface area contributed by atoms with Gasteiger partial charge in [-0.3, -0.25) is 4.90 Å². The number of nitrogens with zero attached hydrogens (tertiary/aromatic N) is 2. The SMILES string of the molecule is CC#CCN(C)Cc1cc2cc(OCc3ccccc3)ccc2n1C. The highest BCUT2D eigenvalue weighted by Crippen LogP contribution is 2.25. The predicted octanol–water partition coefficient (Wildman–Crippen LogP) is 4.21. The van der Waals surface area contributed by atoms with Gasteiger partial charge in [0.15, 0.2) is 0 Å². The number of aromatic nitrogens is 1. The Labute approximate surface area is 149 Å². The van der Waals surface area contributed by atoms with Gasteiger partial charge in [-0.15, -0.1) is 5.92 Å². The first-order valence-corrected chi connectivity index (χ1v) is 8.50. The highest BCUT2D eigenvalue weighted by atomic mass is 16.5. The minimum Gasteiger partial charge on any atom is -0.489 e. The zero-order valence-electron chi connectivity index (χ0n) is 15.1. The second-order valence-electron chi connectivity index (χ2n) is 6.29. The maximum atomic E-state index is 5.95. The van der Waals surface area contributed by atoms with Crippen molar-refractivity contribution in [1.29, 1.82) is 0 Å². The Kier molecular flexibility index (Phi) is 5.42. The number of rotatable bonds is 6. The number of ether oxygens (including phenoxy) is 1. The molecule has 3 rings (SSSR count). The molecule has 0 fully saturated rings. The minimum absolute atomic E-state index is 0.588. The van der Waals surface area contributed by atoms with Crippen LogP contribution in [0.4, 0.5) is 0 Å². The van der Waals surface area contributed by atoms with Crippen LogP contribution in [0.25, 0.3) is 10.9 Å². The summed E-state index contributed by atoms with van der Waals surface area (Å²) < 4.78 is 8.19. The van der Waals surface area contributed by atoms with Crippen LogP contribution in [0, 0.1) is 11.8 Å². The second-order valence-corrected chi connectivity index (χ2v) is 6.29. The summed E-state index contributed by atoms with van der Waals surface area (Å²) in [6, 6.07) is 18.8. The van der Waals surface area contributed by atoms with Crippen molar-refractivity contribution in [2.45, 2.75) is 20.1 Å². The summed E-state index contributed by atoms with van der Waals surface area (Å²) in [5, 5.41) is 1.21. The molecule has 0 atom stereocenters. The van der Waals surface area contributed by atoms with Crippen molar-refractivity contribution in [3.8, 4) is 17.6 Å². The van der Waals surface area contributed by atoms with E-state index >= 15 is 0 Å². The first kappa shape index (κ1) is 17.1. The molecule has 25 heavy (non-hydrogen) atoms. The third kappa shape index (κ3) is 4.23. The zero-order valence-corrected chi connectivity index (χ0v) is 15.1. The van der Waals surface area contributed by atoms with Gasteiger partial charge in [0.1, 0.15) is 12.4 Å². The molecule has 0 N–H and O–H groups in total. The predicted molar refractivity (Wildman–Crippen MR) is 103 cm³/mol. The summed E-state index contributed by atoms with van der Waals surface area (Å²) >= 11 is 0. The molecule has 3 aromatic rings. The molecular weight excluding hydrogens is 308 g/mol. The third-order valence-electron chi connectivity index (χ3n) is 4.32. The van der Waals surface area contributed by atoms with Gasteiger partial charge in [-0.2, -0.15) is 0 Å². The molecule has 0 aliphatic heterocycles. The van der Waals surface area contributed by atoms with Crippen LogP contribution < -0.4 is 4.74 Å². The molecule has 1 aromatic heterocycles. The Morgan fingerprint density at radius 2 is 1.88 bits per heavy atom. The fourth-order valence-electron chi connectivity index (χ4n) is 2.91. The second kappa shape index (κ2) is 7.92. The Balaban J connectivity index is 1.74. The normalized spacial score (nSPS) is 10.7. The molecule has 0 radical (unpaired) electrons. The van der Waals surface area contributed by atoms with Crippen molar-refractivity contribution in [2.24, 2.45) is 7.05 Å². The van der Waals surface area contributed by atoms with E-state index in [-0.39, 0.29) is 0 Å². The molecule has 0 aliphatic rings. The van der Waals surface area contributed by atoms with Crippen molar-refractivity contribution >= 4 is 10.9 Å². The fraction of sp³-hybridized carbons (Fsp3) is 0.273. The average molecular weight is 332 g/mol. The third-order valence-corrected chi connectivity index (χ3v) is 4.32. The molecular formula is C22H24N2O. The van der Waals surface area contributed by atoms with E-state index in [0.717, 1.165) is 18.8 Å². The maximum absolute atomic E-state index is 5.95. The largest absolute Gasteiger partial charge is 0.489 e. The van der Waals surface area contributed by atoms with E-state index in [4.69, 9.17) is 4.74 Å². The molecule has 0 saturated carbocycles. The lowest BCUT2D eigenvalue weighted by Crippen LogP contribution is -2.19. The smallest absolute Gasteiger partial charge is 0.120 e. The lowest BCUT2D eigenvalue weighted by molar-refractivity contribution is 0.306. The number of fused-ring (bicyclic) bond motifs is 1. The van der Waals surface area contributed by atoms with Crippen LogP contribution in [-0.4, -0.2) is 23.1 Å². The molecule has 2 aromatic carbocycles. The van der Waals surface area contributed by atoms with Crippen LogP contribution in [0.5, 0.6) is 5.75 Å². The quantitative estimate of drug-likeness (QED) is 0.629. The van der Waals surface area contributed by atoms with Crippen LogP contribution in [-0.2, 0) is 20.2 Å². The number of benzene rings is 2. The highest BCUT2D eigenvalue weighted by Gasteiger charge is 2.09. The number of hydrogen-bond acceptors (Lipinski definition) is 2. The highest BCUT2D eigenvalue weighted by molar-refractivity contribution is 5.82. The molecule has 0 amide bonds. The van der Waals surface area contributed by atoms with E-state index in [0.29, 0.717) is 6.61 Å². The molecule has 0 bridgehead atoms. The standard InChI is InChI=1S/C22H24N2O/c1-4-5-13-23(2)16-20-14-19-15-21(11-12-22(19)24(20)3)25-17-18-9-7-6-8-10-18/h6-12,14-15H,13,16-17H2,1-3H3. The summed E-state index contributed by atoms with van der Waals surface area (Å²) in [7, 11) is 4.21. The number of hydrogen-bond donors (Lipinski definition) is 0. The van der Waals surface area contributed by atoms with E-state index in [2.05, 4.69) is 65.7 Å². The van der Waals surface area contributed by atoms with Crippen molar-refractivity contribution < 1.29 is 4.74 Å². The van der Waals surface area contributed by atoms with Gasteiger partial charge in [0.05, 0.1) is 6.54 Å². The Morgan fingerprint density at radius 1 is 1.08 bits per heavy atom. The molecule has 0 unspecified atom stereocenters. The zero-order chi connectivity index (χ0) is 17.6. The molecule has 0 saturated heterocycles. The van der Waals surface area contributed by atoms with Gasteiger partial charge in [0.2, 0.25) is 0 Å². The topological polar surface area (TPSA) is 17.4 Å². The summed E-state index contributed by atoms with van der Waals surface area (Å²) in [6.45, 7) is 4.12. The first-order chi connectivity index (χ1) is 12.2. The molecule has 128 valence electrons. The Hall–Kier alpha value is -2.70. The van der Waals surface area contributed by atoms with Gasteiger partial charge in [-0.1, -0.05) is 36.3 Å². The summed E-state index contributed by atoms with van der Waals surface area (Å²) in [4.78, 5) is 2.22. The van der Waals surface area contributed by atoms with Crippen molar-refractivity contribution in [3.63, 3.8) is 0 Å². The van der Waals surface area contributed by atoms with Gasteiger partial charge >= 0.3 is 0 Å². The van der Waals surface area contributed by atoms with Gasteiger partial charge in [-0.25, -0.2) is 0 Å². The fourth-order valence-corrected chi connectivity index (χ4v) is 2.91. The summed E-state index contributed by atoms with van der Waals surface area (Å²) in [5.74, 6) is 6.96.